The Morgan fingerprint density at radius 2 is 1.80 bits per heavy atom. The SMILES string of the molecule is NC(=O)NCCNC(=O)c1cc(C(F)(F)F)ccc1Br. The minimum Gasteiger partial charge on any atom is -0.352 e. The van der Waals surface area contributed by atoms with Crippen molar-refractivity contribution in [3.8, 4) is 0 Å². The average Bonchev–Trinajstić information content (AvgIpc) is 2.33. The molecule has 1 rings (SSSR count). The van der Waals surface area contributed by atoms with Gasteiger partial charge in [0.15, 0.2) is 0 Å². The highest BCUT2D eigenvalue weighted by Crippen LogP contribution is 2.31. The molecule has 0 aliphatic rings. The van der Waals surface area contributed by atoms with E-state index in [-0.39, 0.29) is 23.1 Å². The quantitative estimate of drug-likeness (QED) is 0.722. The monoisotopic (exact) mass is 353 g/mol. The van der Waals surface area contributed by atoms with Gasteiger partial charge in [0, 0.05) is 17.6 Å². The molecule has 0 atom stereocenters. The van der Waals surface area contributed by atoms with Crippen LogP contribution in [0.1, 0.15) is 15.9 Å². The van der Waals surface area contributed by atoms with Crippen LogP contribution in [-0.2, 0) is 6.18 Å². The van der Waals surface area contributed by atoms with E-state index in [4.69, 9.17) is 5.73 Å². The van der Waals surface area contributed by atoms with Crippen LogP contribution in [0.3, 0.4) is 0 Å². The van der Waals surface area contributed by atoms with Crippen molar-refractivity contribution in [3.63, 3.8) is 0 Å². The van der Waals surface area contributed by atoms with E-state index < -0.39 is 23.7 Å². The molecule has 110 valence electrons. The van der Waals surface area contributed by atoms with E-state index in [1.165, 1.54) is 0 Å². The summed E-state index contributed by atoms with van der Waals surface area (Å²) in [4.78, 5) is 22.1. The van der Waals surface area contributed by atoms with Crippen molar-refractivity contribution in [2.45, 2.75) is 6.18 Å². The fourth-order valence-electron chi connectivity index (χ4n) is 1.33. The Morgan fingerprint density at radius 3 is 2.35 bits per heavy atom. The lowest BCUT2D eigenvalue weighted by atomic mass is 10.1. The fraction of sp³-hybridized carbons (Fsp3) is 0.273. The first-order chi connectivity index (χ1) is 9.21. The fourth-order valence-corrected chi connectivity index (χ4v) is 1.76. The number of benzene rings is 1. The number of urea groups is 1. The minimum absolute atomic E-state index is 0.0461. The standard InChI is InChI=1S/C11H11BrF3N3O2/c12-8-2-1-6(11(13,14)15)5-7(8)9(19)17-3-4-18-10(16)20/h1-2,5H,3-4H2,(H,17,19)(H3,16,18,20). The first kappa shape index (κ1) is 16.3. The van der Waals surface area contributed by atoms with Crippen LogP contribution in [0.4, 0.5) is 18.0 Å². The molecule has 0 fully saturated rings. The Balaban J connectivity index is 2.74. The Labute approximate surface area is 120 Å². The van der Waals surface area contributed by atoms with Gasteiger partial charge in [-0.05, 0) is 34.1 Å². The van der Waals surface area contributed by atoms with Gasteiger partial charge < -0.3 is 16.4 Å². The molecule has 0 aliphatic heterocycles. The smallest absolute Gasteiger partial charge is 0.352 e. The molecular formula is C11H11BrF3N3O2. The van der Waals surface area contributed by atoms with Gasteiger partial charge in [0.05, 0.1) is 11.1 Å². The normalized spacial score (nSPS) is 11.0. The van der Waals surface area contributed by atoms with Crippen LogP contribution in [0.15, 0.2) is 22.7 Å². The number of nitrogens with two attached hydrogens (primary N) is 1. The maximum atomic E-state index is 12.6. The third-order valence-electron chi connectivity index (χ3n) is 2.25. The Morgan fingerprint density at radius 1 is 1.20 bits per heavy atom. The average molecular weight is 354 g/mol. The van der Waals surface area contributed by atoms with E-state index in [0.29, 0.717) is 0 Å². The molecule has 3 amide bonds. The molecule has 0 aliphatic carbocycles. The summed E-state index contributed by atoms with van der Waals surface area (Å²) in [5.74, 6) is -0.686. The van der Waals surface area contributed by atoms with Crippen LogP contribution >= 0.6 is 15.9 Å². The molecule has 20 heavy (non-hydrogen) atoms. The van der Waals surface area contributed by atoms with Crippen molar-refractivity contribution >= 4 is 27.9 Å². The highest BCUT2D eigenvalue weighted by molar-refractivity contribution is 9.10. The number of hydrogen-bond acceptors (Lipinski definition) is 2. The number of primary amides is 1. The Hall–Kier alpha value is -1.77. The molecule has 0 bridgehead atoms. The molecule has 0 saturated heterocycles. The second-order valence-corrected chi connectivity index (χ2v) is 4.59. The largest absolute Gasteiger partial charge is 0.416 e. The molecule has 1 aromatic rings. The molecule has 0 saturated carbocycles. The Bertz CT molecular complexity index is 520. The van der Waals surface area contributed by atoms with Gasteiger partial charge in [-0.3, -0.25) is 4.79 Å². The maximum absolute atomic E-state index is 12.6. The number of carbonyl (C=O) groups excluding carboxylic acids is 2. The zero-order chi connectivity index (χ0) is 15.3. The number of amides is 3. The number of rotatable bonds is 4. The van der Waals surface area contributed by atoms with Crippen molar-refractivity contribution in [1.29, 1.82) is 0 Å². The van der Waals surface area contributed by atoms with E-state index in [9.17, 15) is 22.8 Å². The van der Waals surface area contributed by atoms with Gasteiger partial charge in [0.1, 0.15) is 0 Å². The van der Waals surface area contributed by atoms with Crippen LogP contribution in [0.5, 0.6) is 0 Å². The number of nitrogens with one attached hydrogen (secondary N) is 2. The van der Waals surface area contributed by atoms with Crippen LogP contribution in [0.25, 0.3) is 0 Å². The lowest BCUT2D eigenvalue weighted by Gasteiger charge is -2.11. The van der Waals surface area contributed by atoms with E-state index in [1.807, 2.05) is 0 Å². The molecule has 1 aromatic carbocycles. The summed E-state index contributed by atoms with van der Waals surface area (Å²) in [6.45, 7) is 0.127. The molecule has 5 nitrogen and oxygen atoms in total. The number of halogens is 4. The Kier molecular flexibility index (Phi) is 5.37. The van der Waals surface area contributed by atoms with Crippen LogP contribution in [0, 0.1) is 0 Å². The van der Waals surface area contributed by atoms with Crippen molar-refractivity contribution in [1.82, 2.24) is 10.6 Å². The third kappa shape index (κ3) is 4.72. The summed E-state index contributed by atoms with van der Waals surface area (Å²) in [6.07, 6.45) is -4.52. The number of hydrogen-bond donors (Lipinski definition) is 3. The zero-order valence-electron chi connectivity index (χ0n) is 10.1. The molecule has 4 N–H and O–H groups in total. The molecule has 0 heterocycles. The molecule has 0 spiro atoms. The lowest BCUT2D eigenvalue weighted by molar-refractivity contribution is -0.137. The second kappa shape index (κ2) is 6.60. The van der Waals surface area contributed by atoms with Gasteiger partial charge >= 0.3 is 12.2 Å². The van der Waals surface area contributed by atoms with Gasteiger partial charge in [-0.1, -0.05) is 0 Å². The van der Waals surface area contributed by atoms with Crippen molar-refractivity contribution in [2.24, 2.45) is 5.73 Å². The van der Waals surface area contributed by atoms with Gasteiger partial charge in [-0.25, -0.2) is 4.79 Å². The molecule has 0 aromatic heterocycles. The highest BCUT2D eigenvalue weighted by atomic mass is 79.9. The molecule has 0 radical (unpaired) electrons. The minimum atomic E-state index is -4.52. The zero-order valence-corrected chi connectivity index (χ0v) is 11.6. The topological polar surface area (TPSA) is 84.2 Å². The summed E-state index contributed by atoms with van der Waals surface area (Å²) in [7, 11) is 0. The second-order valence-electron chi connectivity index (χ2n) is 3.74. The van der Waals surface area contributed by atoms with Crippen LogP contribution in [-0.4, -0.2) is 25.0 Å². The van der Waals surface area contributed by atoms with Gasteiger partial charge in [0.2, 0.25) is 0 Å². The summed E-state index contributed by atoms with van der Waals surface area (Å²) >= 11 is 3.01. The van der Waals surface area contributed by atoms with Gasteiger partial charge in [-0.2, -0.15) is 13.2 Å². The first-order valence-electron chi connectivity index (χ1n) is 5.40. The van der Waals surface area contributed by atoms with Crippen molar-refractivity contribution in [2.75, 3.05) is 13.1 Å². The predicted molar refractivity (Wildman–Crippen MR) is 69.1 cm³/mol. The van der Waals surface area contributed by atoms with E-state index in [2.05, 4.69) is 26.6 Å². The molecule has 9 heteroatoms. The van der Waals surface area contributed by atoms with Crippen LogP contribution < -0.4 is 16.4 Å². The van der Waals surface area contributed by atoms with E-state index in [1.54, 1.807) is 0 Å². The third-order valence-corrected chi connectivity index (χ3v) is 2.94. The summed E-state index contributed by atoms with van der Waals surface area (Å²) in [5, 5.41) is 4.60. The number of carbonyl (C=O) groups is 2. The van der Waals surface area contributed by atoms with Crippen LogP contribution in [0.2, 0.25) is 0 Å². The summed E-state index contributed by atoms with van der Waals surface area (Å²) < 4.78 is 37.9. The number of alkyl halides is 3. The predicted octanol–water partition coefficient (Wildman–Crippen LogP) is 1.87. The summed E-state index contributed by atoms with van der Waals surface area (Å²) in [6, 6.07) is 2.02. The summed E-state index contributed by atoms with van der Waals surface area (Å²) in [5.41, 5.74) is 3.76. The van der Waals surface area contributed by atoms with E-state index in [0.717, 1.165) is 18.2 Å². The molecular weight excluding hydrogens is 343 g/mol. The van der Waals surface area contributed by atoms with Crippen molar-refractivity contribution < 1.29 is 22.8 Å². The van der Waals surface area contributed by atoms with Gasteiger partial charge in [0.25, 0.3) is 5.91 Å². The van der Waals surface area contributed by atoms with E-state index >= 15 is 0 Å². The van der Waals surface area contributed by atoms with Gasteiger partial charge in [-0.15, -0.1) is 0 Å². The lowest BCUT2D eigenvalue weighted by Crippen LogP contribution is -2.37. The first-order valence-corrected chi connectivity index (χ1v) is 6.19. The molecule has 0 unspecified atom stereocenters. The highest BCUT2D eigenvalue weighted by Gasteiger charge is 2.31. The maximum Gasteiger partial charge on any atom is 0.416 e. The van der Waals surface area contributed by atoms with Crippen molar-refractivity contribution in [3.05, 3.63) is 33.8 Å².